The Labute approximate surface area is 117 Å². The quantitative estimate of drug-likeness (QED) is 0.869. The van der Waals surface area contributed by atoms with E-state index in [0.717, 1.165) is 6.42 Å². The van der Waals surface area contributed by atoms with Crippen molar-refractivity contribution in [3.8, 4) is 11.5 Å². The maximum atomic E-state index is 14.3. The predicted molar refractivity (Wildman–Crippen MR) is 74.7 cm³/mol. The third-order valence-corrected chi connectivity index (χ3v) is 3.04. The van der Waals surface area contributed by atoms with Crippen LogP contribution in [-0.2, 0) is 0 Å². The molecule has 2 N–H and O–H groups in total. The Bertz CT molecular complexity index is 572. The Morgan fingerprint density at radius 3 is 2.45 bits per heavy atom. The topological polar surface area (TPSA) is 35.2 Å². The van der Waals surface area contributed by atoms with Crippen LogP contribution in [0.5, 0.6) is 11.5 Å². The lowest BCUT2D eigenvalue weighted by Crippen LogP contribution is -2.12. The molecule has 0 spiro atoms. The van der Waals surface area contributed by atoms with Gasteiger partial charge in [-0.25, -0.2) is 8.78 Å². The largest absolute Gasteiger partial charge is 0.451 e. The second kappa shape index (κ2) is 6.48. The van der Waals surface area contributed by atoms with Crippen LogP contribution in [0.15, 0.2) is 42.5 Å². The van der Waals surface area contributed by atoms with E-state index >= 15 is 0 Å². The van der Waals surface area contributed by atoms with Crippen LogP contribution in [-0.4, -0.2) is 0 Å². The molecule has 0 saturated carbocycles. The Morgan fingerprint density at radius 2 is 1.80 bits per heavy atom. The molecule has 0 amide bonds. The van der Waals surface area contributed by atoms with Crippen LogP contribution in [0, 0.1) is 11.6 Å². The Morgan fingerprint density at radius 1 is 1.10 bits per heavy atom. The third kappa shape index (κ3) is 3.14. The highest BCUT2D eigenvalue weighted by Crippen LogP contribution is 2.32. The highest BCUT2D eigenvalue weighted by Gasteiger charge is 2.19. The van der Waals surface area contributed by atoms with Crippen molar-refractivity contribution in [3.05, 3.63) is 59.7 Å². The molecular formula is C16H17F2NO. The molecular weight excluding hydrogens is 260 g/mol. The molecule has 2 aromatic carbocycles. The molecule has 0 aliphatic heterocycles. The number of benzene rings is 2. The fourth-order valence-electron chi connectivity index (χ4n) is 2.00. The molecule has 20 heavy (non-hydrogen) atoms. The molecule has 2 rings (SSSR count). The summed E-state index contributed by atoms with van der Waals surface area (Å²) in [6.07, 6.45) is 1.46. The predicted octanol–water partition coefficient (Wildman–Crippen LogP) is 4.56. The summed E-state index contributed by atoms with van der Waals surface area (Å²) in [6, 6.07) is 10.6. The Hall–Kier alpha value is -1.94. The summed E-state index contributed by atoms with van der Waals surface area (Å²) < 4.78 is 33.4. The zero-order chi connectivity index (χ0) is 14.5. The van der Waals surface area contributed by atoms with Crippen LogP contribution in [0.2, 0.25) is 0 Å². The van der Waals surface area contributed by atoms with Crippen molar-refractivity contribution in [1.82, 2.24) is 0 Å². The molecule has 4 heteroatoms. The van der Waals surface area contributed by atoms with E-state index in [1.54, 1.807) is 30.3 Å². The third-order valence-electron chi connectivity index (χ3n) is 3.04. The van der Waals surface area contributed by atoms with Gasteiger partial charge in [-0.15, -0.1) is 0 Å². The van der Waals surface area contributed by atoms with Gasteiger partial charge in [-0.05, 0) is 24.6 Å². The zero-order valence-electron chi connectivity index (χ0n) is 11.3. The maximum absolute atomic E-state index is 14.3. The molecule has 0 bridgehead atoms. The number of rotatable bonds is 5. The molecule has 106 valence electrons. The van der Waals surface area contributed by atoms with Crippen LogP contribution in [0.25, 0.3) is 0 Å². The molecule has 0 aromatic heterocycles. The van der Waals surface area contributed by atoms with Crippen molar-refractivity contribution in [2.45, 2.75) is 25.8 Å². The van der Waals surface area contributed by atoms with Crippen molar-refractivity contribution in [2.75, 3.05) is 0 Å². The number of para-hydroxylation sites is 1. The SMILES string of the molecule is CCCC(N)c1ccc(F)c(Oc2ccccc2)c1F. The van der Waals surface area contributed by atoms with E-state index < -0.39 is 23.4 Å². The van der Waals surface area contributed by atoms with Gasteiger partial charge in [0, 0.05) is 11.6 Å². The molecule has 0 aliphatic carbocycles. The lowest BCUT2D eigenvalue weighted by molar-refractivity contribution is 0.400. The van der Waals surface area contributed by atoms with Gasteiger partial charge in [0.2, 0.25) is 0 Å². The van der Waals surface area contributed by atoms with Crippen LogP contribution >= 0.6 is 0 Å². The highest BCUT2D eigenvalue weighted by atomic mass is 19.1. The van der Waals surface area contributed by atoms with Gasteiger partial charge in [0.05, 0.1) is 0 Å². The summed E-state index contributed by atoms with van der Waals surface area (Å²) in [6.45, 7) is 1.96. The molecule has 0 saturated heterocycles. The smallest absolute Gasteiger partial charge is 0.198 e. The minimum Gasteiger partial charge on any atom is -0.451 e. The highest BCUT2D eigenvalue weighted by molar-refractivity contribution is 5.38. The molecule has 1 atom stereocenters. The average molecular weight is 277 g/mol. The Balaban J connectivity index is 2.35. The van der Waals surface area contributed by atoms with Gasteiger partial charge in [0.15, 0.2) is 17.4 Å². The summed E-state index contributed by atoms with van der Waals surface area (Å²) in [5.41, 5.74) is 6.18. The summed E-state index contributed by atoms with van der Waals surface area (Å²) in [4.78, 5) is 0. The van der Waals surface area contributed by atoms with Crippen molar-refractivity contribution in [2.24, 2.45) is 5.73 Å². The summed E-state index contributed by atoms with van der Waals surface area (Å²) >= 11 is 0. The molecule has 0 aliphatic rings. The lowest BCUT2D eigenvalue weighted by Gasteiger charge is -2.15. The number of hydrogen-bond donors (Lipinski definition) is 1. The number of nitrogens with two attached hydrogens (primary N) is 1. The molecule has 2 nitrogen and oxygen atoms in total. The first-order valence-corrected chi connectivity index (χ1v) is 6.59. The fraction of sp³-hybridized carbons (Fsp3) is 0.250. The van der Waals surface area contributed by atoms with E-state index in [0.29, 0.717) is 12.2 Å². The van der Waals surface area contributed by atoms with Crippen LogP contribution in [0.1, 0.15) is 31.4 Å². The first-order valence-electron chi connectivity index (χ1n) is 6.59. The van der Waals surface area contributed by atoms with Gasteiger partial charge in [-0.2, -0.15) is 0 Å². The van der Waals surface area contributed by atoms with E-state index in [1.807, 2.05) is 6.92 Å². The van der Waals surface area contributed by atoms with Gasteiger partial charge in [-0.3, -0.25) is 0 Å². The van der Waals surface area contributed by atoms with Crippen molar-refractivity contribution in [3.63, 3.8) is 0 Å². The van der Waals surface area contributed by atoms with Crippen LogP contribution in [0.3, 0.4) is 0 Å². The van der Waals surface area contributed by atoms with Crippen molar-refractivity contribution < 1.29 is 13.5 Å². The van der Waals surface area contributed by atoms with Crippen molar-refractivity contribution >= 4 is 0 Å². The average Bonchev–Trinajstić information content (AvgIpc) is 2.45. The molecule has 0 heterocycles. The minimum atomic E-state index is -0.737. The zero-order valence-corrected chi connectivity index (χ0v) is 11.3. The van der Waals surface area contributed by atoms with Crippen molar-refractivity contribution in [1.29, 1.82) is 0 Å². The summed E-state index contributed by atoms with van der Waals surface area (Å²) in [5.74, 6) is -1.49. The number of hydrogen-bond acceptors (Lipinski definition) is 2. The first kappa shape index (κ1) is 14.5. The van der Waals surface area contributed by atoms with Gasteiger partial charge in [-0.1, -0.05) is 37.6 Å². The van der Waals surface area contributed by atoms with E-state index in [2.05, 4.69) is 0 Å². The Kier molecular flexibility index (Phi) is 4.69. The van der Waals surface area contributed by atoms with Gasteiger partial charge >= 0.3 is 0 Å². The van der Waals surface area contributed by atoms with Gasteiger partial charge < -0.3 is 10.5 Å². The molecule has 0 fully saturated rings. The van der Waals surface area contributed by atoms with E-state index in [1.165, 1.54) is 12.1 Å². The molecule has 2 aromatic rings. The number of halogens is 2. The molecule has 0 radical (unpaired) electrons. The second-order valence-corrected chi connectivity index (χ2v) is 4.59. The normalized spacial score (nSPS) is 12.2. The monoisotopic (exact) mass is 277 g/mol. The summed E-state index contributed by atoms with van der Waals surface area (Å²) in [7, 11) is 0. The minimum absolute atomic E-state index is 0.277. The standard InChI is InChI=1S/C16H17F2NO/c1-2-6-14(19)12-9-10-13(17)16(15(12)18)20-11-7-4-3-5-8-11/h3-5,7-10,14H,2,6,19H2,1H3. The van der Waals surface area contributed by atoms with Gasteiger partial charge in [0.25, 0.3) is 0 Å². The lowest BCUT2D eigenvalue weighted by atomic mass is 10.0. The first-order chi connectivity index (χ1) is 9.63. The molecule has 1 unspecified atom stereocenters. The summed E-state index contributed by atoms with van der Waals surface area (Å²) in [5, 5.41) is 0. The number of ether oxygens (including phenoxy) is 1. The van der Waals surface area contributed by atoms with Crippen LogP contribution in [0.4, 0.5) is 8.78 Å². The fourth-order valence-corrected chi connectivity index (χ4v) is 2.00. The van der Waals surface area contributed by atoms with E-state index in [-0.39, 0.29) is 5.56 Å². The second-order valence-electron chi connectivity index (χ2n) is 4.59. The van der Waals surface area contributed by atoms with E-state index in [9.17, 15) is 8.78 Å². The van der Waals surface area contributed by atoms with Gasteiger partial charge in [0.1, 0.15) is 5.75 Å². The maximum Gasteiger partial charge on any atom is 0.198 e. The van der Waals surface area contributed by atoms with Crippen LogP contribution < -0.4 is 10.5 Å². The van der Waals surface area contributed by atoms with E-state index in [4.69, 9.17) is 10.5 Å².